The van der Waals surface area contributed by atoms with Crippen LogP contribution in [0, 0.1) is 0 Å². The summed E-state index contributed by atoms with van der Waals surface area (Å²) in [6.07, 6.45) is 0. The summed E-state index contributed by atoms with van der Waals surface area (Å²) in [6.45, 7) is 0. The molecule has 35 heavy (non-hydrogen) atoms. The third-order valence-electron chi connectivity index (χ3n) is 7.17. The van der Waals surface area contributed by atoms with Crippen molar-refractivity contribution >= 4 is 28.8 Å². The molecule has 3 heteroatoms. The predicted molar refractivity (Wildman–Crippen MR) is 148 cm³/mol. The van der Waals surface area contributed by atoms with E-state index in [-0.39, 0.29) is 0 Å². The summed E-state index contributed by atoms with van der Waals surface area (Å²) >= 11 is 0. The first kappa shape index (κ1) is 21.5. The minimum atomic E-state index is -2.71. The molecular weight excluding hydrogens is 444 g/mol. The van der Waals surface area contributed by atoms with E-state index in [9.17, 15) is 0 Å². The first-order chi connectivity index (χ1) is 17.3. The molecule has 1 aliphatic heterocycles. The molecule has 5 aromatic rings. The van der Waals surface area contributed by atoms with Crippen LogP contribution in [0.2, 0.25) is 0 Å². The molecular formula is C32H26O2Si. The average molecular weight is 471 g/mol. The highest BCUT2D eigenvalue weighted by molar-refractivity contribution is 7.22. The molecule has 1 atom stereocenters. The lowest BCUT2D eigenvalue weighted by molar-refractivity contribution is 0.415. The lowest BCUT2D eigenvalue weighted by Gasteiger charge is -2.33. The Bertz CT molecular complexity index is 1510. The standard InChI is InChI=1S/C32H26O2Si/c1-33-24-17-19-27(23-11-5-3-6-12-23)31(21-24)35(26-13-7-4-8-14-26)30-16-10-9-15-28(30)29-20-18-25(34-2)22-32(29)35/h3-22H,1-2H3/t35-/m1/s1. The van der Waals surface area contributed by atoms with Crippen LogP contribution in [0.4, 0.5) is 0 Å². The molecule has 0 amide bonds. The smallest absolute Gasteiger partial charge is 0.181 e. The molecule has 0 unspecified atom stereocenters. The Morgan fingerprint density at radius 2 is 0.971 bits per heavy atom. The second-order valence-electron chi connectivity index (χ2n) is 8.85. The van der Waals surface area contributed by atoms with E-state index in [1.165, 1.54) is 43.0 Å². The number of rotatable bonds is 5. The summed E-state index contributed by atoms with van der Waals surface area (Å²) in [5.41, 5.74) is 5.05. The highest BCUT2D eigenvalue weighted by Crippen LogP contribution is 2.33. The van der Waals surface area contributed by atoms with Crippen molar-refractivity contribution in [3.63, 3.8) is 0 Å². The van der Waals surface area contributed by atoms with Crippen molar-refractivity contribution in [3.05, 3.63) is 121 Å². The van der Waals surface area contributed by atoms with E-state index < -0.39 is 8.07 Å². The van der Waals surface area contributed by atoms with Crippen LogP contribution in [0.25, 0.3) is 22.3 Å². The molecule has 0 saturated carbocycles. The lowest BCUT2D eigenvalue weighted by Crippen LogP contribution is -2.73. The zero-order valence-corrected chi connectivity index (χ0v) is 20.9. The monoisotopic (exact) mass is 470 g/mol. The Labute approximate surface area is 207 Å². The molecule has 0 fully saturated rings. The normalized spacial score (nSPS) is 15.8. The summed E-state index contributed by atoms with van der Waals surface area (Å²) in [7, 11) is 0.786. The Hall–Kier alpha value is -4.08. The third-order valence-corrected chi connectivity index (χ3v) is 12.1. The van der Waals surface area contributed by atoms with E-state index >= 15 is 0 Å². The molecule has 0 aromatic heterocycles. The van der Waals surface area contributed by atoms with Crippen molar-refractivity contribution in [3.8, 4) is 33.8 Å². The minimum Gasteiger partial charge on any atom is -0.497 e. The topological polar surface area (TPSA) is 18.5 Å². The largest absolute Gasteiger partial charge is 0.497 e. The Balaban J connectivity index is 1.82. The molecule has 0 radical (unpaired) electrons. The van der Waals surface area contributed by atoms with Gasteiger partial charge in [-0.25, -0.2) is 0 Å². The maximum Gasteiger partial charge on any atom is 0.181 e. The van der Waals surface area contributed by atoms with Gasteiger partial charge in [0.05, 0.1) is 14.2 Å². The van der Waals surface area contributed by atoms with Gasteiger partial charge in [0.25, 0.3) is 0 Å². The zero-order valence-electron chi connectivity index (χ0n) is 19.9. The van der Waals surface area contributed by atoms with Gasteiger partial charge in [0.15, 0.2) is 8.07 Å². The van der Waals surface area contributed by atoms with Crippen LogP contribution < -0.4 is 30.2 Å². The zero-order chi connectivity index (χ0) is 23.8. The molecule has 170 valence electrons. The molecule has 2 nitrogen and oxygen atoms in total. The van der Waals surface area contributed by atoms with Crippen LogP contribution in [0.15, 0.2) is 121 Å². The maximum atomic E-state index is 5.80. The predicted octanol–water partition coefficient (Wildman–Crippen LogP) is 4.73. The van der Waals surface area contributed by atoms with Crippen LogP contribution in [0.1, 0.15) is 0 Å². The average Bonchev–Trinajstić information content (AvgIpc) is 3.24. The van der Waals surface area contributed by atoms with Crippen molar-refractivity contribution < 1.29 is 9.47 Å². The van der Waals surface area contributed by atoms with Gasteiger partial charge in [-0.05, 0) is 67.3 Å². The van der Waals surface area contributed by atoms with E-state index in [0.29, 0.717) is 0 Å². The lowest BCUT2D eigenvalue weighted by atomic mass is 10.1. The molecule has 6 rings (SSSR count). The molecule has 0 bridgehead atoms. The summed E-state index contributed by atoms with van der Waals surface area (Å²) in [5.74, 6) is 1.75. The minimum absolute atomic E-state index is 0.872. The molecule has 5 aromatic carbocycles. The maximum absolute atomic E-state index is 5.80. The van der Waals surface area contributed by atoms with Crippen molar-refractivity contribution in [2.75, 3.05) is 14.2 Å². The molecule has 0 saturated heterocycles. The highest BCUT2D eigenvalue weighted by Gasteiger charge is 2.50. The van der Waals surface area contributed by atoms with E-state index in [4.69, 9.17) is 9.47 Å². The molecule has 1 heterocycles. The second kappa shape index (κ2) is 8.61. The number of hydrogen-bond donors (Lipinski definition) is 0. The summed E-state index contributed by atoms with van der Waals surface area (Å²) < 4.78 is 11.6. The summed E-state index contributed by atoms with van der Waals surface area (Å²) in [4.78, 5) is 0. The van der Waals surface area contributed by atoms with Crippen molar-refractivity contribution in [2.45, 2.75) is 0 Å². The van der Waals surface area contributed by atoms with Crippen LogP contribution >= 0.6 is 0 Å². The Morgan fingerprint density at radius 1 is 0.457 bits per heavy atom. The van der Waals surface area contributed by atoms with E-state index in [2.05, 4.69) is 121 Å². The van der Waals surface area contributed by atoms with Gasteiger partial charge in [0.2, 0.25) is 0 Å². The van der Waals surface area contributed by atoms with Gasteiger partial charge in [-0.1, -0.05) is 97.1 Å². The number of hydrogen-bond acceptors (Lipinski definition) is 2. The molecule has 1 aliphatic rings. The van der Waals surface area contributed by atoms with Crippen molar-refractivity contribution in [1.29, 1.82) is 0 Å². The number of fused-ring (bicyclic) bond motifs is 3. The van der Waals surface area contributed by atoms with Crippen molar-refractivity contribution in [1.82, 2.24) is 0 Å². The van der Waals surface area contributed by atoms with Crippen LogP contribution in [-0.4, -0.2) is 22.3 Å². The second-order valence-corrected chi connectivity index (χ2v) is 12.5. The Kier molecular flexibility index (Phi) is 5.27. The molecule has 0 N–H and O–H groups in total. The van der Waals surface area contributed by atoms with Gasteiger partial charge in [0.1, 0.15) is 11.5 Å². The van der Waals surface area contributed by atoms with Gasteiger partial charge >= 0.3 is 0 Å². The fraction of sp³-hybridized carbons (Fsp3) is 0.0625. The SMILES string of the molecule is COc1ccc(-c2ccccc2)c([Si@@]2(c3ccccc3)c3ccccc3-c3ccc(OC)cc32)c1. The van der Waals surface area contributed by atoms with Crippen molar-refractivity contribution in [2.24, 2.45) is 0 Å². The number of methoxy groups -OCH3 is 2. The fourth-order valence-electron chi connectivity index (χ4n) is 5.66. The van der Waals surface area contributed by atoms with Gasteiger partial charge in [0, 0.05) is 0 Å². The summed E-state index contributed by atoms with van der Waals surface area (Å²) in [6, 6.07) is 43.8. The first-order valence-electron chi connectivity index (χ1n) is 11.8. The van der Waals surface area contributed by atoms with Crippen LogP contribution in [0.5, 0.6) is 11.5 Å². The first-order valence-corrected chi connectivity index (χ1v) is 13.8. The van der Waals surface area contributed by atoms with E-state index in [1.807, 2.05) is 0 Å². The van der Waals surface area contributed by atoms with E-state index in [0.717, 1.165) is 11.5 Å². The third kappa shape index (κ3) is 3.23. The fourth-order valence-corrected chi connectivity index (χ4v) is 11.1. The van der Waals surface area contributed by atoms with Gasteiger partial charge < -0.3 is 9.47 Å². The number of ether oxygens (including phenoxy) is 2. The van der Waals surface area contributed by atoms with Gasteiger partial charge in [-0.15, -0.1) is 0 Å². The van der Waals surface area contributed by atoms with Crippen LogP contribution in [-0.2, 0) is 0 Å². The quantitative estimate of drug-likeness (QED) is 0.339. The number of benzene rings is 5. The Morgan fingerprint density at radius 3 is 1.63 bits per heavy atom. The van der Waals surface area contributed by atoms with Gasteiger partial charge in [-0.3, -0.25) is 0 Å². The molecule has 0 aliphatic carbocycles. The van der Waals surface area contributed by atoms with Gasteiger partial charge in [-0.2, -0.15) is 0 Å². The highest BCUT2D eigenvalue weighted by atomic mass is 28.3. The van der Waals surface area contributed by atoms with E-state index in [1.54, 1.807) is 14.2 Å². The molecule has 0 spiro atoms. The van der Waals surface area contributed by atoms with Crippen LogP contribution in [0.3, 0.4) is 0 Å². The summed E-state index contributed by atoms with van der Waals surface area (Å²) in [5, 5.41) is 5.44.